The van der Waals surface area contributed by atoms with Crippen LogP contribution in [0.1, 0.15) is 28.1 Å². The first-order valence-corrected chi connectivity index (χ1v) is 10.3. The second-order valence-corrected chi connectivity index (χ2v) is 7.89. The monoisotopic (exact) mass is 434 g/mol. The van der Waals surface area contributed by atoms with Gasteiger partial charge in [0.1, 0.15) is 0 Å². The van der Waals surface area contributed by atoms with Crippen LogP contribution in [0, 0.1) is 20.8 Å². The van der Waals surface area contributed by atoms with Crippen molar-refractivity contribution in [3.63, 3.8) is 0 Å². The molecule has 0 fully saturated rings. The molecule has 0 aliphatic heterocycles. The highest BCUT2D eigenvalue weighted by Gasteiger charge is 2.17. The molecule has 4 rings (SSSR count). The highest BCUT2D eigenvalue weighted by molar-refractivity contribution is 6.31. The van der Waals surface area contributed by atoms with Crippen LogP contribution in [0.2, 0.25) is 5.02 Å². The second kappa shape index (κ2) is 8.73. The number of nitrogens with zero attached hydrogens (tertiary/aromatic N) is 5. The summed E-state index contributed by atoms with van der Waals surface area (Å²) in [7, 11) is 0. The summed E-state index contributed by atoms with van der Waals surface area (Å²) in [5.74, 6) is 0.376. The van der Waals surface area contributed by atoms with Crippen molar-refractivity contribution in [3.8, 4) is 5.69 Å². The van der Waals surface area contributed by atoms with Gasteiger partial charge in [0.15, 0.2) is 5.82 Å². The fourth-order valence-electron chi connectivity index (χ4n) is 3.44. The molecule has 3 heterocycles. The lowest BCUT2D eigenvalue weighted by Gasteiger charge is -2.07. The van der Waals surface area contributed by atoms with Crippen LogP contribution in [0.3, 0.4) is 0 Å². The number of carbonyl (C=O) groups is 1. The number of aryl methyl sites for hydroxylation is 2. The maximum absolute atomic E-state index is 12.7. The van der Waals surface area contributed by atoms with E-state index in [4.69, 9.17) is 11.6 Å². The Kier molecular flexibility index (Phi) is 5.86. The number of pyridine rings is 1. The maximum atomic E-state index is 12.7. The molecule has 3 aromatic heterocycles. The quantitative estimate of drug-likeness (QED) is 0.491. The molecular weight excluding hydrogens is 412 g/mol. The van der Waals surface area contributed by atoms with Crippen molar-refractivity contribution < 1.29 is 4.79 Å². The smallest absolute Gasteiger partial charge is 0.230 e. The average molecular weight is 435 g/mol. The lowest BCUT2D eigenvalue weighted by molar-refractivity contribution is -0.115. The summed E-state index contributed by atoms with van der Waals surface area (Å²) in [6.07, 6.45) is 5.58. The molecule has 8 heteroatoms. The second-order valence-electron chi connectivity index (χ2n) is 7.48. The van der Waals surface area contributed by atoms with Crippen LogP contribution in [-0.4, -0.2) is 30.5 Å². The fourth-order valence-corrected chi connectivity index (χ4v) is 3.61. The Morgan fingerprint density at radius 2 is 1.97 bits per heavy atom. The normalized spacial score (nSPS) is 11.0. The number of aromatic nitrogens is 5. The molecule has 7 nitrogen and oxygen atoms in total. The number of carbonyl (C=O) groups excluding carboxylic acids is 1. The van der Waals surface area contributed by atoms with Crippen LogP contribution >= 0.6 is 11.6 Å². The van der Waals surface area contributed by atoms with Gasteiger partial charge in [0.25, 0.3) is 0 Å². The molecule has 0 saturated heterocycles. The number of hydrogen-bond donors (Lipinski definition) is 1. The first-order valence-electron chi connectivity index (χ1n) is 9.94. The van der Waals surface area contributed by atoms with E-state index in [-0.39, 0.29) is 12.3 Å². The molecule has 1 amide bonds. The molecule has 0 bridgehead atoms. The van der Waals surface area contributed by atoms with E-state index in [9.17, 15) is 4.79 Å². The summed E-state index contributed by atoms with van der Waals surface area (Å²) in [5.41, 5.74) is 5.54. The molecule has 0 aliphatic carbocycles. The van der Waals surface area contributed by atoms with E-state index >= 15 is 0 Å². The van der Waals surface area contributed by atoms with Crippen LogP contribution in [0.25, 0.3) is 5.69 Å². The molecule has 0 unspecified atom stereocenters. The third kappa shape index (κ3) is 4.67. The van der Waals surface area contributed by atoms with Gasteiger partial charge in [-0.1, -0.05) is 23.7 Å². The number of hydrogen-bond acceptors (Lipinski definition) is 4. The molecule has 0 spiro atoms. The van der Waals surface area contributed by atoms with Gasteiger partial charge in [-0.25, -0.2) is 4.68 Å². The molecule has 31 heavy (non-hydrogen) atoms. The molecule has 158 valence electrons. The Morgan fingerprint density at radius 3 is 2.71 bits per heavy atom. The van der Waals surface area contributed by atoms with Crippen molar-refractivity contribution in [1.29, 1.82) is 0 Å². The molecule has 0 aliphatic rings. The molecule has 1 N–H and O–H groups in total. The van der Waals surface area contributed by atoms with E-state index in [1.165, 1.54) is 0 Å². The van der Waals surface area contributed by atoms with Gasteiger partial charge in [-0.15, -0.1) is 0 Å². The first kappa shape index (κ1) is 20.8. The number of benzene rings is 1. The lowest BCUT2D eigenvalue weighted by atomic mass is 10.1. The summed E-state index contributed by atoms with van der Waals surface area (Å²) in [5, 5.41) is 12.6. The highest BCUT2D eigenvalue weighted by Crippen LogP contribution is 2.23. The van der Waals surface area contributed by atoms with Crippen molar-refractivity contribution in [3.05, 3.63) is 88.1 Å². The minimum atomic E-state index is -0.140. The van der Waals surface area contributed by atoms with Crippen molar-refractivity contribution in [1.82, 2.24) is 24.5 Å². The van der Waals surface area contributed by atoms with Gasteiger partial charge in [0.05, 0.1) is 24.3 Å². The first-order chi connectivity index (χ1) is 14.9. The minimum Gasteiger partial charge on any atom is -0.309 e. The lowest BCUT2D eigenvalue weighted by Crippen LogP contribution is -2.16. The predicted molar refractivity (Wildman–Crippen MR) is 121 cm³/mol. The number of amides is 1. The topological polar surface area (TPSA) is 77.6 Å². The van der Waals surface area contributed by atoms with E-state index in [1.807, 2.05) is 62.0 Å². The summed E-state index contributed by atoms with van der Waals surface area (Å²) < 4.78 is 3.59. The van der Waals surface area contributed by atoms with Crippen LogP contribution in [-0.2, 0) is 17.8 Å². The number of rotatable bonds is 6. The van der Waals surface area contributed by atoms with E-state index in [2.05, 4.69) is 20.5 Å². The van der Waals surface area contributed by atoms with Crippen molar-refractivity contribution in [2.45, 2.75) is 33.7 Å². The molecular formula is C23H23ClN6O. The largest absolute Gasteiger partial charge is 0.309 e. The highest BCUT2D eigenvalue weighted by atomic mass is 35.5. The van der Waals surface area contributed by atoms with Gasteiger partial charge in [-0.3, -0.25) is 14.5 Å². The number of nitrogens with one attached hydrogen (secondary N) is 1. The van der Waals surface area contributed by atoms with Crippen LogP contribution in [0.5, 0.6) is 0 Å². The Morgan fingerprint density at radius 1 is 1.13 bits per heavy atom. The molecule has 0 atom stereocenters. The fraction of sp³-hybridized carbons (Fsp3) is 0.217. The van der Waals surface area contributed by atoms with Gasteiger partial charge in [-0.2, -0.15) is 10.2 Å². The summed E-state index contributed by atoms with van der Waals surface area (Å²) in [6, 6.07) is 11.5. The van der Waals surface area contributed by atoms with Crippen LogP contribution < -0.4 is 5.32 Å². The number of anilines is 1. The van der Waals surface area contributed by atoms with Crippen LogP contribution in [0.15, 0.2) is 55.0 Å². The van der Waals surface area contributed by atoms with E-state index in [0.717, 1.165) is 33.8 Å². The van der Waals surface area contributed by atoms with Crippen molar-refractivity contribution in [2.24, 2.45) is 0 Å². The van der Waals surface area contributed by atoms with E-state index in [0.29, 0.717) is 17.4 Å². The maximum Gasteiger partial charge on any atom is 0.230 e. The molecule has 0 radical (unpaired) electrons. The number of halogens is 1. The summed E-state index contributed by atoms with van der Waals surface area (Å²) >= 11 is 6.27. The Hall–Kier alpha value is -3.45. The Balaban J connectivity index is 1.45. The summed E-state index contributed by atoms with van der Waals surface area (Å²) in [6.45, 7) is 6.42. The van der Waals surface area contributed by atoms with Crippen molar-refractivity contribution in [2.75, 3.05) is 5.32 Å². The third-order valence-electron chi connectivity index (χ3n) is 5.15. The zero-order valence-electron chi connectivity index (χ0n) is 17.6. The van der Waals surface area contributed by atoms with Gasteiger partial charge >= 0.3 is 0 Å². The molecule has 1 aromatic carbocycles. The van der Waals surface area contributed by atoms with E-state index < -0.39 is 0 Å². The van der Waals surface area contributed by atoms with Gasteiger partial charge < -0.3 is 5.32 Å². The Labute approximate surface area is 185 Å². The average Bonchev–Trinajstić information content (AvgIpc) is 3.29. The minimum absolute atomic E-state index is 0.140. The zero-order chi connectivity index (χ0) is 22.0. The Bertz CT molecular complexity index is 1230. The molecule has 4 aromatic rings. The van der Waals surface area contributed by atoms with Gasteiger partial charge in [0, 0.05) is 40.9 Å². The zero-order valence-corrected chi connectivity index (χ0v) is 18.4. The standard InChI is InChI=1S/C23H23ClN6O/c1-15-6-7-19(11-21(15)24)30-17(3)20(16(2)27-30)12-23(31)26-22-8-10-29(28-22)14-18-5-4-9-25-13-18/h4-11,13H,12,14H2,1-3H3,(H,26,28,31). The summed E-state index contributed by atoms with van der Waals surface area (Å²) in [4.78, 5) is 16.8. The van der Waals surface area contributed by atoms with Crippen molar-refractivity contribution >= 4 is 23.3 Å². The predicted octanol–water partition coefficient (Wildman–Crippen LogP) is 4.27. The SMILES string of the molecule is Cc1ccc(-n2nc(C)c(CC(=O)Nc3ccn(Cc4cccnc4)n3)c2C)cc1Cl. The van der Waals surface area contributed by atoms with Crippen LogP contribution in [0.4, 0.5) is 5.82 Å². The van der Waals surface area contributed by atoms with E-state index in [1.54, 1.807) is 23.1 Å². The third-order valence-corrected chi connectivity index (χ3v) is 5.56. The van der Waals surface area contributed by atoms with Gasteiger partial charge in [0.2, 0.25) is 5.91 Å². The van der Waals surface area contributed by atoms with Gasteiger partial charge in [-0.05, 0) is 50.1 Å². The molecule has 0 saturated carbocycles.